The van der Waals surface area contributed by atoms with E-state index >= 15 is 0 Å². The van der Waals surface area contributed by atoms with Crippen molar-refractivity contribution in [2.24, 2.45) is 0 Å². The van der Waals surface area contributed by atoms with Crippen LogP contribution < -0.4 is 9.62 Å². The van der Waals surface area contributed by atoms with Crippen molar-refractivity contribution in [3.8, 4) is 0 Å². The van der Waals surface area contributed by atoms with Crippen LogP contribution in [0, 0.1) is 5.82 Å². The van der Waals surface area contributed by atoms with Gasteiger partial charge in [-0.1, -0.05) is 0 Å². The zero-order valence-corrected chi connectivity index (χ0v) is 12.4. The van der Waals surface area contributed by atoms with Crippen molar-refractivity contribution in [3.63, 3.8) is 0 Å². The second-order valence-electron chi connectivity index (χ2n) is 4.90. The van der Waals surface area contributed by atoms with Crippen LogP contribution in [0.5, 0.6) is 0 Å². The van der Waals surface area contributed by atoms with Gasteiger partial charge in [0.2, 0.25) is 0 Å². The Hall–Kier alpha value is -2.29. The van der Waals surface area contributed by atoms with E-state index in [9.17, 15) is 12.8 Å². The first-order valence-corrected chi connectivity index (χ1v) is 8.23. The molecule has 2 aromatic rings. The molecule has 9 heteroatoms. The summed E-state index contributed by atoms with van der Waals surface area (Å²) in [5.74, 6) is -0.0106. The molecule has 1 aliphatic rings. The van der Waals surface area contributed by atoms with Gasteiger partial charge >= 0.3 is 0 Å². The van der Waals surface area contributed by atoms with Crippen LogP contribution in [0.3, 0.4) is 0 Å². The second kappa shape index (κ2) is 5.84. The van der Waals surface area contributed by atoms with Crippen LogP contribution in [0.4, 0.5) is 16.0 Å². The zero-order valence-electron chi connectivity index (χ0n) is 11.6. The molecule has 2 aromatic heterocycles. The van der Waals surface area contributed by atoms with E-state index in [0.29, 0.717) is 5.82 Å². The summed E-state index contributed by atoms with van der Waals surface area (Å²) >= 11 is 0. The molecule has 0 unspecified atom stereocenters. The fourth-order valence-electron chi connectivity index (χ4n) is 2.24. The van der Waals surface area contributed by atoms with Crippen LogP contribution >= 0.6 is 0 Å². The molecule has 1 saturated heterocycles. The fraction of sp³-hybridized carbons (Fsp3) is 0.308. The molecule has 0 saturated carbocycles. The number of rotatable bonds is 4. The van der Waals surface area contributed by atoms with Crippen LogP contribution in [0.15, 0.2) is 35.7 Å². The number of sulfonamides is 1. The molecular formula is C13H14FN5O2S. The second-order valence-corrected chi connectivity index (χ2v) is 6.58. The smallest absolute Gasteiger partial charge is 0.264 e. The summed E-state index contributed by atoms with van der Waals surface area (Å²) in [7, 11) is -3.95. The Morgan fingerprint density at radius 1 is 1.09 bits per heavy atom. The Morgan fingerprint density at radius 3 is 2.55 bits per heavy atom. The van der Waals surface area contributed by atoms with Crippen molar-refractivity contribution >= 4 is 21.7 Å². The zero-order chi connectivity index (χ0) is 15.6. The number of hydrogen-bond acceptors (Lipinski definition) is 6. The van der Waals surface area contributed by atoms with E-state index in [2.05, 4.69) is 19.7 Å². The van der Waals surface area contributed by atoms with Gasteiger partial charge in [0.25, 0.3) is 10.0 Å². The van der Waals surface area contributed by atoms with Crippen molar-refractivity contribution in [2.45, 2.75) is 17.7 Å². The van der Waals surface area contributed by atoms with Crippen molar-refractivity contribution in [3.05, 3.63) is 36.7 Å². The average Bonchev–Trinajstić information content (AvgIpc) is 3.01. The van der Waals surface area contributed by atoms with Gasteiger partial charge in [0.1, 0.15) is 16.5 Å². The Balaban J connectivity index is 1.84. The van der Waals surface area contributed by atoms with Crippen LogP contribution in [-0.4, -0.2) is 36.5 Å². The molecule has 0 radical (unpaired) electrons. The van der Waals surface area contributed by atoms with Crippen molar-refractivity contribution in [1.82, 2.24) is 15.0 Å². The molecule has 116 valence electrons. The molecular weight excluding hydrogens is 309 g/mol. The molecule has 0 spiro atoms. The van der Waals surface area contributed by atoms with E-state index in [0.717, 1.165) is 44.4 Å². The molecule has 1 aliphatic heterocycles. The Morgan fingerprint density at radius 2 is 1.82 bits per heavy atom. The van der Waals surface area contributed by atoms with E-state index in [1.807, 2.05) is 4.90 Å². The van der Waals surface area contributed by atoms with Crippen LogP contribution in [0.1, 0.15) is 12.8 Å². The number of pyridine rings is 1. The molecule has 0 amide bonds. The van der Waals surface area contributed by atoms with E-state index in [1.165, 1.54) is 6.20 Å². The molecule has 1 fully saturated rings. The minimum absolute atomic E-state index is 0.0914. The average molecular weight is 323 g/mol. The van der Waals surface area contributed by atoms with Gasteiger partial charge in [-0.05, 0) is 18.9 Å². The predicted molar refractivity (Wildman–Crippen MR) is 78.5 cm³/mol. The maximum atomic E-state index is 13.1. The third kappa shape index (κ3) is 3.14. The van der Waals surface area contributed by atoms with E-state index in [4.69, 9.17) is 0 Å². The first-order valence-electron chi connectivity index (χ1n) is 6.75. The minimum atomic E-state index is -3.95. The lowest BCUT2D eigenvalue weighted by Crippen LogP contribution is -2.20. The van der Waals surface area contributed by atoms with Crippen molar-refractivity contribution < 1.29 is 12.8 Å². The lowest BCUT2D eigenvalue weighted by atomic mass is 10.4. The summed E-state index contributed by atoms with van der Waals surface area (Å²) in [4.78, 5) is 13.6. The highest BCUT2D eigenvalue weighted by molar-refractivity contribution is 7.92. The summed E-state index contributed by atoms with van der Waals surface area (Å²) < 4.78 is 39.8. The number of nitrogens with zero attached hydrogens (tertiary/aromatic N) is 4. The number of anilines is 2. The molecule has 0 atom stereocenters. The predicted octanol–water partition coefficient (Wildman–Crippen LogP) is 1.41. The highest BCUT2D eigenvalue weighted by Crippen LogP contribution is 2.20. The Bertz CT molecular complexity index is 778. The fourth-order valence-corrected chi connectivity index (χ4v) is 3.20. The molecule has 0 aliphatic carbocycles. The number of nitrogens with one attached hydrogen (secondary N) is 1. The molecule has 3 heterocycles. The first kappa shape index (κ1) is 14.6. The molecule has 0 bridgehead atoms. The molecule has 3 rings (SSSR count). The van der Waals surface area contributed by atoms with Crippen molar-refractivity contribution in [1.29, 1.82) is 0 Å². The summed E-state index contributed by atoms with van der Waals surface area (Å²) in [6.45, 7) is 1.75. The highest BCUT2D eigenvalue weighted by atomic mass is 32.2. The Labute approximate surface area is 127 Å². The van der Waals surface area contributed by atoms with Gasteiger partial charge in [0.15, 0.2) is 5.82 Å². The van der Waals surface area contributed by atoms with Gasteiger partial charge in [-0.15, -0.1) is 0 Å². The molecule has 1 N–H and O–H groups in total. The van der Waals surface area contributed by atoms with Gasteiger partial charge in [-0.2, -0.15) is 0 Å². The van der Waals surface area contributed by atoms with Gasteiger partial charge in [0, 0.05) is 19.3 Å². The maximum Gasteiger partial charge on any atom is 0.264 e. The van der Waals surface area contributed by atoms with Crippen LogP contribution in [0.25, 0.3) is 0 Å². The summed E-state index contributed by atoms with van der Waals surface area (Å²) in [6.07, 6.45) is 7.06. The minimum Gasteiger partial charge on any atom is -0.355 e. The monoisotopic (exact) mass is 323 g/mol. The lowest BCUT2D eigenvalue weighted by molar-refractivity contribution is 0.592. The molecule has 0 aromatic carbocycles. The summed E-state index contributed by atoms with van der Waals surface area (Å²) in [6, 6.07) is 0.896. The van der Waals surface area contributed by atoms with Gasteiger partial charge in [-0.3, -0.25) is 14.7 Å². The number of aromatic nitrogens is 3. The summed E-state index contributed by atoms with van der Waals surface area (Å²) in [5, 5.41) is 0. The Kier molecular flexibility index (Phi) is 3.88. The van der Waals surface area contributed by atoms with E-state index in [-0.39, 0.29) is 10.7 Å². The van der Waals surface area contributed by atoms with E-state index in [1.54, 1.807) is 6.20 Å². The maximum absolute atomic E-state index is 13.1. The quantitative estimate of drug-likeness (QED) is 0.915. The van der Waals surface area contributed by atoms with Gasteiger partial charge in [-0.25, -0.2) is 17.8 Å². The standard InChI is InChI=1S/C13H14FN5O2S/c14-10-5-11(7-15-6-10)22(20,21)18-12-8-16-9-13(17-12)19-3-1-2-4-19/h5-9H,1-4H2,(H,17,18). The van der Waals surface area contributed by atoms with Crippen LogP contribution in [0.2, 0.25) is 0 Å². The normalized spacial score (nSPS) is 15.0. The molecule has 22 heavy (non-hydrogen) atoms. The van der Waals surface area contributed by atoms with Gasteiger partial charge < -0.3 is 4.90 Å². The SMILES string of the molecule is O=S(=O)(Nc1cncc(N2CCCC2)n1)c1cncc(F)c1. The van der Waals surface area contributed by atoms with Gasteiger partial charge in [0.05, 0.1) is 18.6 Å². The highest BCUT2D eigenvalue weighted by Gasteiger charge is 2.18. The number of halogens is 1. The van der Waals surface area contributed by atoms with Crippen molar-refractivity contribution in [2.75, 3.05) is 22.7 Å². The third-order valence-corrected chi connectivity index (χ3v) is 4.60. The van der Waals surface area contributed by atoms with Crippen LogP contribution in [-0.2, 0) is 10.0 Å². The first-order chi connectivity index (χ1) is 10.5. The van der Waals surface area contributed by atoms with E-state index < -0.39 is 15.8 Å². The largest absolute Gasteiger partial charge is 0.355 e. The molecule has 7 nitrogen and oxygen atoms in total. The number of hydrogen-bond donors (Lipinski definition) is 1. The lowest BCUT2D eigenvalue weighted by Gasteiger charge is -2.16. The third-order valence-electron chi connectivity index (χ3n) is 3.28. The topological polar surface area (TPSA) is 88.1 Å². The summed E-state index contributed by atoms with van der Waals surface area (Å²) in [5.41, 5.74) is 0.